The van der Waals surface area contributed by atoms with Gasteiger partial charge in [0.15, 0.2) is 0 Å². The Morgan fingerprint density at radius 3 is 2.67 bits per heavy atom. The molecule has 0 radical (unpaired) electrons. The van der Waals surface area contributed by atoms with E-state index in [4.69, 9.17) is 22.1 Å². The van der Waals surface area contributed by atoms with Gasteiger partial charge in [0.1, 0.15) is 24.0 Å². The third kappa shape index (κ3) is 4.16. The molecule has 1 atom stereocenters. The number of benzene rings is 2. The normalized spacial score (nSPS) is 12.2. The van der Waals surface area contributed by atoms with Crippen molar-refractivity contribution >= 4 is 11.6 Å². The molecule has 2 aromatic carbocycles. The van der Waals surface area contributed by atoms with E-state index in [1.807, 2.05) is 13.0 Å². The highest BCUT2D eigenvalue weighted by Gasteiger charge is 2.12. The molecule has 0 heterocycles. The van der Waals surface area contributed by atoms with Crippen LogP contribution in [-0.4, -0.2) is 6.04 Å². The number of hydrogen-bond donors (Lipinski definition) is 1. The lowest BCUT2D eigenvalue weighted by molar-refractivity contribution is 0.295. The fourth-order valence-electron chi connectivity index (χ4n) is 2.03. The maximum atomic E-state index is 13.6. The minimum absolute atomic E-state index is 0.0586. The van der Waals surface area contributed by atoms with E-state index in [9.17, 15) is 8.78 Å². The monoisotopic (exact) mass is 311 g/mol. The van der Waals surface area contributed by atoms with E-state index in [1.54, 1.807) is 12.1 Å². The van der Waals surface area contributed by atoms with Crippen LogP contribution in [0.15, 0.2) is 36.4 Å². The Hall–Kier alpha value is -1.65. The van der Waals surface area contributed by atoms with Crippen molar-refractivity contribution in [3.63, 3.8) is 0 Å². The third-order valence-electron chi connectivity index (χ3n) is 2.97. The van der Waals surface area contributed by atoms with Gasteiger partial charge in [-0.1, -0.05) is 23.7 Å². The van der Waals surface area contributed by atoms with Gasteiger partial charge in [-0.15, -0.1) is 0 Å². The molecule has 112 valence electrons. The van der Waals surface area contributed by atoms with E-state index in [0.717, 1.165) is 23.8 Å². The van der Waals surface area contributed by atoms with E-state index in [0.29, 0.717) is 17.2 Å². The molecule has 2 rings (SSSR count). The fourth-order valence-corrected chi connectivity index (χ4v) is 2.28. The summed E-state index contributed by atoms with van der Waals surface area (Å²) in [6.07, 6.45) is 0.585. The quantitative estimate of drug-likeness (QED) is 0.902. The van der Waals surface area contributed by atoms with Gasteiger partial charge < -0.3 is 10.5 Å². The van der Waals surface area contributed by atoms with Crippen molar-refractivity contribution in [2.75, 3.05) is 0 Å². The molecule has 21 heavy (non-hydrogen) atoms. The predicted octanol–water partition coefficient (Wildman–Crippen LogP) is 4.09. The molecule has 0 aromatic heterocycles. The van der Waals surface area contributed by atoms with Crippen molar-refractivity contribution in [3.05, 3.63) is 64.2 Å². The van der Waals surface area contributed by atoms with Gasteiger partial charge in [0.25, 0.3) is 0 Å². The van der Waals surface area contributed by atoms with Gasteiger partial charge >= 0.3 is 0 Å². The highest BCUT2D eigenvalue weighted by Crippen LogP contribution is 2.30. The Kier molecular flexibility index (Phi) is 5.15. The SMILES string of the molecule is CC(N)Cc1cccc(Cl)c1OCc1cc(F)ccc1F. The van der Waals surface area contributed by atoms with Crippen molar-refractivity contribution in [1.82, 2.24) is 0 Å². The van der Waals surface area contributed by atoms with E-state index in [-0.39, 0.29) is 18.2 Å². The number of ether oxygens (including phenoxy) is 1. The average molecular weight is 312 g/mol. The minimum Gasteiger partial charge on any atom is -0.487 e. The summed E-state index contributed by atoms with van der Waals surface area (Å²) in [6.45, 7) is 1.77. The largest absolute Gasteiger partial charge is 0.487 e. The molecule has 0 bridgehead atoms. The lowest BCUT2D eigenvalue weighted by Gasteiger charge is -2.15. The molecule has 1 unspecified atom stereocenters. The highest BCUT2D eigenvalue weighted by atomic mass is 35.5. The first-order chi connectivity index (χ1) is 9.97. The summed E-state index contributed by atoms with van der Waals surface area (Å²) in [5.41, 5.74) is 6.77. The first kappa shape index (κ1) is 15.7. The van der Waals surface area contributed by atoms with Crippen LogP contribution in [0, 0.1) is 11.6 Å². The predicted molar refractivity (Wildman–Crippen MR) is 79.5 cm³/mol. The van der Waals surface area contributed by atoms with Crippen LogP contribution in [0.1, 0.15) is 18.1 Å². The third-order valence-corrected chi connectivity index (χ3v) is 3.27. The zero-order valence-corrected chi connectivity index (χ0v) is 12.3. The van der Waals surface area contributed by atoms with Crippen molar-refractivity contribution in [1.29, 1.82) is 0 Å². The molecule has 0 aliphatic carbocycles. The van der Waals surface area contributed by atoms with Crippen molar-refractivity contribution < 1.29 is 13.5 Å². The molecule has 2 aromatic rings. The second-order valence-electron chi connectivity index (χ2n) is 4.93. The molecule has 0 aliphatic heterocycles. The number of halogens is 3. The molecule has 5 heteroatoms. The molecule has 0 saturated heterocycles. The summed E-state index contributed by atoms with van der Waals surface area (Å²) >= 11 is 6.12. The average Bonchev–Trinajstić information content (AvgIpc) is 2.41. The van der Waals surface area contributed by atoms with Gasteiger partial charge in [-0.25, -0.2) is 8.78 Å². The topological polar surface area (TPSA) is 35.2 Å². The Labute approximate surface area is 127 Å². The van der Waals surface area contributed by atoms with Gasteiger partial charge in [-0.05, 0) is 43.2 Å². The highest BCUT2D eigenvalue weighted by molar-refractivity contribution is 6.32. The molecule has 0 saturated carbocycles. The summed E-state index contributed by atoms with van der Waals surface area (Å²) in [6, 6.07) is 8.53. The van der Waals surface area contributed by atoms with Crippen LogP contribution >= 0.6 is 11.6 Å². The number of hydrogen-bond acceptors (Lipinski definition) is 2. The second kappa shape index (κ2) is 6.87. The van der Waals surface area contributed by atoms with Crippen LogP contribution in [0.3, 0.4) is 0 Å². The molecule has 0 aliphatic rings. The molecule has 2 nitrogen and oxygen atoms in total. The number of rotatable bonds is 5. The van der Waals surface area contributed by atoms with E-state index >= 15 is 0 Å². The zero-order chi connectivity index (χ0) is 15.4. The molecule has 2 N–H and O–H groups in total. The molecular formula is C16H16ClF2NO. The van der Waals surface area contributed by atoms with E-state index < -0.39 is 11.6 Å². The van der Waals surface area contributed by atoms with Crippen LogP contribution < -0.4 is 10.5 Å². The maximum Gasteiger partial charge on any atom is 0.141 e. The summed E-state index contributed by atoms with van der Waals surface area (Å²) in [5, 5.41) is 0.421. The Morgan fingerprint density at radius 2 is 1.95 bits per heavy atom. The van der Waals surface area contributed by atoms with E-state index in [2.05, 4.69) is 0 Å². The van der Waals surface area contributed by atoms with Crippen LogP contribution in [-0.2, 0) is 13.0 Å². The van der Waals surface area contributed by atoms with Gasteiger partial charge in [-0.3, -0.25) is 0 Å². The molecule has 0 amide bonds. The molecule has 0 fully saturated rings. The van der Waals surface area contributed by atoms with Gasteiger partial charge in [0, 0.05) is 11.6 Å². The second-order valence-corrected chi connectivity index (χ2v) is 5.34. The molecule has 0 spiro atoms. The number of para-hydroxylation sites is 1. The van der Waals surface area contributed by atoms with Gasteiger partial charge in [-0.2, -0.15) is 0 Å². The van der Waals surface area contributed by atoms with Crippen LogP contribution in [0.2, 0.25) is 5.02 Å². The standard InChI is InChI=1S/C16H16ClF2NO/c1-10(20)7-11-3-2-4-14(17)16(11)21-9-12-8-13(18)5-6-15(12)19/h2-6,8,10H,7,9,20H2,1H3. The lowest BCUT2D eigenvalue weighted by atomic mass is 10.1. The van der Waals surface area contributed by atoms with Crippen LogP contribution in [0.4, 0.5) is 8.78 Å². The smallest absolute Gasteiger partial charge is 0.141 e. The Bertz CT molecular complexity index is 632. The van der Waals surface area contributed by atoms with Gasteiger partial charge in [0.05, 0.1) is 5.02 Å². The summed E-state index contributed by atoms with van der Waals surface area (Å²) in [5.74, 6) is -0.567. The summed E-state index contributed by atoms with van der Waals surface area (Å²) in [7, 11) is 0. The first-order valence-corrected chi connectivity index (χ1v) is 6.95. The van der Waals surface area contributed by atoms with Gasteiger partial charge in [0.2, 0.25) is 0 Å². The van der Waals surface area contributed by atoms with Crippen molar-refractivity contribution in [2.24, 2.45) is 5.73 Å². The fraction of sp³-hybridized carbons (Fsp3) is 0.250. The Morgan fingerprint density at radius 1 is 1.19 bits per heavy atom. The summed E-state index contributed by atoms with van der Waals surface area (Å²) in [4.78, 5) is 0. The zero-order valence-electron chi connectivity index (χ0n) is 11.6. The van der Waals surface area contributed by atoms with Crippen molar-refractivity contribution in [2.45, 2.75) is 26.0 Å². The minimum atomic E-state index is -0.516. The first-order valence-electron chi connectivity index (χ1n) is 6.57. The molecular weight excluding hydrogens is 296 g/mol. The van der Waals surface area contributed by atoms with Crippen LogP contribution in [0.25, 0.3) is 0 Å². The summed E-state index contributed by atoms with van der Waals surface area (Å²) < 4.78 is 32.3. The number of nitrogens with two attached hydrogens (primary N) is 1. The maximum absolute atomic E-state index is 13.6. The Balaban J connectivity index is 2.21. The van der Waals surface area contributed by atoms with Crippen LogP contribution in [0.5, 0.6) is 5.75 Å². The van der Waals surface area contributed by atoms with Crippen molar-refractivity contribution in [3.8, 4) is 5.75 Å². The lowest BCUT2D eigenvalue weighted by Crippen LogP contribution is -2.18. The van der Waals surface area contributed by atoms with E-state index in [1.165, 1.54) is 0 Å².